The van der Waals surface area contributed by atoms with Crippen LogP contribution < -0.4 is 26.0 Å². The topological polar surface area (TPSA) is 176 Å². The number of hydrogen-bond donors (Lipinski definition) is 5. The number of rotatable bonds is 6. The minimum atomic E-state index is -1.15. The van der Waals surface area contributed by atoms with Crippen molar-refractivity contribution in [3.63, 3.8) is 0 Å². The van der Waals surface area contributed by atoms with Crippen molar-refractivity contribution in [2.75, 3.05) is 30.9 Å². The molecule has 1 aliphatic rings. The highest BCUT2D eigenvalue weighted by Crippen LogP contribution is 2.28. The normalized spacial score (nSPS) is 11.6. The van der Waals surface area contributed by atoms with Crippen molar-refractivity contribution in [3.8, 4) is 5.75 Å². The summed E-state index contributed by atoms with van der Waals surface area (Å²) in [5, 5.41) is 14.6. The maximum absolute atomic E-state index is 12.5. The van der Waals surface area contributed by atoms with Crippen LogP contribution in [0.4, 0.5) is 11.4 Å². The van der Waals surface area contributed by atoms with E-state index in [1.54, 1.807) is 18.2 Å². The van der Waals surface area contributed by atoms with Crippen LogP contribution in [0.3, 0.4) is 0 Å². The minimum Gasteiger partial charge on any atom is -0.482 e. The number of anilines is 2. The molecule has 5 rings (SSSR count). The first kappa shape index (κ1) is 28.9. The molecule has 0 spiro atoms. The molecule has 2 aromatic heterocycles. The number of nitrogens with zero attached hydrogens (tertiary/aromatic N) is 3. The van der Waals surface area contributed by atoms with Crippen LogP contribution in [0.25, 0.3) is 11.0 Å². The highest BCUT2D eigenvalue weighted by molar-refractivity contribution is 6.08. The van der Waals surface area contributed by atoms with Crippen molar-refractivity contribution in [3.05, 3.63) is 77.4 Å². The average molecular weight is 554 g/mol. The van der Waals surface area contributed by atoms with Gasteiger partial charge in [0.25, 0.3) is 11.8 Å². The monoisotopic (exact) mass is 553 g/mol. The van der Waals surface area contributed by atoms with Crippen LogP contribution in [0.15, 0.2) is 55.0 Å². The van der Waals surface area contributed by atoms with E-state index in [-0.39, 0.29) is 53.8 Å². The number of ether oxygens (including phenoxy) is 1. The number of aromatic carboxylic acids is 1. The highest BCUT2D eigenvalue weighted by Gasteiger charge is 2.20. The van der Waals surface area contributed by atoms with Crippen molar-refractivity contribution in [2.45, 2.75) is 13.1 Å². The summed E-state index contributed by atoms with van der Waals surface area (Å²) >= 11 is 0. The second-order valence-electron chi connectivity index (χ2n) is 8.57. The Morgan fingerprint density at radius 3 is 2.51 bits per heavy atom. The molecule has 0 aliphatic carbocycles. The summed E-state index contributed by atoms with van der Waals surface area (Å²) < 4.78 is 5.29. The van der Waals surface area contributed by atoms with Gasteiger partial charge in [-0.05, 0) is 35.4 Å². The van der Waals surface area contributed by atoms with Gasteiger partial charge in [-0.3, -0.25) is 9.59 Å². The number of fused-ring (bicyclic) bond motifs is 2. The van der Waals surface area contributed by atoms with Gasteiger partial charge in [0.1, 0.15) is 23.2 Å². The number of aromatic amines is 1. The molecule has 0 fully saturated rings. The van der Waals surface area contributed by atoms with E-state index in [0.29, 0.717) is 18.0 Å². The largest absolute Gasteiger partial charge is 0.482 e. The Balaban J connectivity index is 0.000000297. The van der Waals surface area contributed by atoms with Crippen LogP contribution in [0.2, 0.25) is 0 Å². The number of carboxylic acid groups (broad SMARTS) is 1. The quantitative estimate of drug-likeness (QED) is 0.240. The lowest BCUT2D eigenvalue weighted by molar-refractivity contribution is -0.118. The fourth-order valence-corrected chi connectivity index (χ4v) is 3.71. The lowest BCUT2D eigenvalue weighted by atomic mass is 10.1. The number of amides is 2. The summed E-state index contributed by atoms with van der Waals surface area (Å²) in [7, 11) is 4.05. The molecule has 1 aliphatic heterocycles. The van der Waals surface area contributed by atoms with Crippen molar-refractivity contribution < 1.29 is 24.2 Å². The Labute approximate surface area is 230 Å². The van der Waals surface area contributed by atoms with Gasteiger partial charge >= 0.3 is 5.97 Å². The average Bonchev–Trinajstić information content (AvgIpc) is 3.36. The number of benzene rings is 2. The minimum absolute atomic E-state index is 0. The number of nitrogens with one attached hydrogen (secondary N) is 3. The van der Waals surface area contributed by atoms with Crippen LogP contribution in [0.5, 0.6) is 5.75 Å². The number of carbonyl (C=O) groups excluding carboxylic acids is 2. The third-order valence-corrected chi connectivity index (χ3v) is 5.73. The summed E-state index contributed by atoms with van der Waals surface area (Å²) in [6, 6.07) is 13.4. The molecule has 12 nitrogen and oxygen atoms in total. The first-order valence-corrected chi connectivity index (χ1v) is 11.6. The molecule has 0 bridgehead atoms. The maximum atomic E-state index is 12.5. The zero-order valence-corrected chi connectivity index (χ0v) is 22.0. The van der Waals surface area contributed by atoms with Crippen molar-refractivity contribution >= 4 is 52.6 Å². The molecule has 0 saturated heterocycles. The van der Waals surface area contributed by atoms with Gasteiger partial charge in [0.2, 0.25) is 0 Å². The van der Waals surface area contributed by atoms with Crippen LogP contribution in [0.1, 0.15) is 32.0 Å². The van der Waals surface area contributed by atoms with E-state index < -0.39 is 11.9 Å². The molecule has 4 aromatic rings. The first-order valence-electron chi connectivity index (χ1n) is 11.6. The molecule has 0 radical (unpaired) electrons. The molecule has 6 N–H and O–H groups in total. The van der Waals surface area contributed by atoms with Gasteiger partial charge in [-0.15, -0.1) is 12.4 Å². The van der Waals surface area contributed by atoms with Gasteiger partial charge in [0.15, 0.2) is 12.3 Å². The zero-order valence-electron chi connectivity index (χ0n) is 21.2. The second kappa shape index (κ2) is 12.7. The van der Waals surface area contributed by atoms with E-state index in [1.165, 1.54) is 17.4 Å². The number of carbonyl (C=O) groups is 3. The standard InChI is InChI=1S/C17H13N5O5.C9H14N2.ClH/c23-12-6-27-11-2-1-8(3-10(11)22-12)4-19-16(24)15-14-13(20-7-21-15)9(5-18-14)17(25)26;1-11(2)9-5-3-8(7-10)4-6-9;/h1-3,5,7,18H,4,6H2,(H,19,24)(H,22,23)(H,25,26);3-6H,7,10H2,1-2H3;1H. The summed E-state index contributed by atoms with van der Waals surface area (Å²) in [4.78, 5) is 47.7. The van der Waals surface area contributed by atoms with E-state index in [9.17, 15) is 14.4 Å². The van der Waals surface area contributed by atoms with E-state index in [1.807, 2.05) is 14.1 Å². The third kappa shape index (κ3) is 6.80. The van der Waals surface area contributed by atoms with Gasteiger partial charge in [0.05, 0.1) is 11.2 Å². The smallest absolute Gasteiger partial charge is 0.339 e. The molecule has 3 heterocycles. The van der Waals surface area contributed by atoms with Gasteiger partial charge in [0, 0.05) is 39.1 Å². The fourth-order valence-electron chi connectivity index (χ4n) is 3.71. The summed E-state index contributed by atoms with van der Waals surface area (Å²) in [5.74, 6) is -1.31. The zero-order chi connectivity index (χ0) is 27.2. The van der Waals surface area contributed by atoms with Crippen LogP contribution in [-0.2, 0) is 17.9 Å². The Bertz CT molecular complexity index is 1490. The Morgan fingerprint density at radius 2 is 1.85 bits per heavy atom. The molecule has 0 atom stereocenters. The molecule has 0 unspecified atom stereocenters. The van der Waals surface area contributed by atoms with Gasteiger partial charge < -0.3 is 36.1 Å². The Kier molecular flexibility index (Phi) is 9.42. The number of nitrogens with two attached hydrogens (primary N) is 1. The van der Waals surface area contributed by atoms with Crippen molar-refractivity contribution in [1.29, 1.82) is 0 Å². The summed E-state index contributed by atoms with van der Waals surface area (Å²) in [5.41, 5.74) is 9.56. The number of carboxylic acids is 1. The van der Waals surface area contributed by atoms with Gasteiger partial charge in [-0.2, -0.15) is 0 Å². The van der Waals surface area contributed by atoms with Crippen LogP contribution in [-0.4, -0.2) is 58.5 Å². The van der Waals surface area contributed by atoms with E-state index in [2.05, 4.69) is 54.8 Å². The van der Waals surface area contributed by atoms with E-state index in [0.717, 1.165) is 11.9 Å². The third-order valence-electron chi connectivity index (χ3n) is 5.73. The lowest BCUT2D eigenvalue weighted by Gasteiger charge is -2.18. The molecule has 13 heteroatoms. The molecule has 204 valence electrons. The number of H-pyrrole nitrogens is 1. The van der Waals surface area contributed by atoms with Crippen molar-refractivity contribution in [2.24, 2.45) is 5.73 Å². The van der Waals surface area contributed by atoms with Gasteiger partial charge in [-0.1, -0.05) is 18.2 Å². The lowest BCUT2D eigenvalue weighted by Crippen LogP contribution is -2.26. The number of aromatic nitrogens is 3. The fraction of sp³-hybridized carbons (Fsp3) is 0.192. The Hall–Kier alpha value is -4.68. The summed E-state index contributed by atoms with van der Waals surface area (Å²) in [6.07, 6.45) is 2.41. The van der Waals surface area contributed by atoms with E-state index in [4.69, 9.17) is 15.6 Å². The highest BCUT2D eigenvalue weighted by atomic mass is 35.5. The second-order valence-corrected chi connectivity index (χ2v) is 8.57. The molecular weight excluding hydrogens is 526 g/mol. The first-order chi connectivity index (χ1) is 18.3. The van der Waals surface area contributed by atoms with Crippen LogP contribution in [0, 0.1) is 0 Å². The summed E-state index contributed by atoms with van der Waals surface area (Å²) in [6.45, 7) is 0.773. The number of hydrogen-bond acceptors (Lipinski definition) is 8. The van der Waals surface area contributed by atoms with Crippen LogP contribution >= 0.6 is 12.4 Å². The molecular formula is C26H28ClN7O5. The van der Waals surface area contributed by atoms with E-state index >= 15 is 0 Å². The molecule has 2 amide bonds. The maximum Gasteiger partial charge on any atom is 0.339 e. The van der Waals surface area contributed by atoms with Gasteiger partial charge in [-0.25, -0.2) is 14.8 Å². The predicted molar refractivity (Wildman–Crippen MR) is 148 cm³/mol. The predicted octanol–water partition coefficient (Wildman–Crippen LogP) is 2.55. The SMILES string of the molecule is CN(C)c1ccc(CN)cc1.Cl.O=C1COc2ccc(CNC(=O)c3ncnc4c(C(=O)O)c[nH]c34)cc2N1. The molecule has 0 saturated carbocycles. The molecule has 2 aromatic carbocycles. The van der Waals surface area contributed by atoms with Crippen molar-refractivity contribution in [1.82, 2.24) is 20.3 Å². The molecule has 39 heavy (non-hydrogen) atoms. The Morgan fingerprint density at radius 1 is 1.13 bits per heavy atom. The number of halogens is 1.